The van der Waals surface area contributed by atoms with Crippen molar-refractivity contribution in [3.05, 3.63) is 0 Å². The van der Waals surface area contributed by atoms with Crippen molar-refractivity contribution < 1.29 is 0 Å². The van der Waals surface area contributed by atoms with Crippen LogP contribution in [0.1, 0.15) is 79.1 Å². The van der Waals surface area contributed by atoms with Crippen molar-refractivity contribution in [3.63, 3.8) is 0 Å². The molecule has 0 aromatic rings. The molecule has 0 fully saturated rings. The summed E-state index contributed by atoms with van der Waals surface area (Å²) in [6.07, 6.45) is 10.6. The summed E-state index contributed by atoms with van der Waals surface area (Å²) < 4.78 is 0. The summed E-state index contributed by atoms with van der Waals surface area (Å²) in [6.45, 7) is 19.0. The highest BCUT2D eigenvalue weighted by molar-refractivity contribution is 4.63. The Balaban J connectivity index is 3.81. The molecule has 0 saturated carbocycles. The van der Waals surface area contributed by atoms with Crippen molar-refractivity contribution in [1.29, 1.82) is 0 Å². The van der Waals surface area contributed by atoms with Crippen LogP contribution in [0.2, 0.25) is 0 Å². The van der Waals surface area contributed by atoms with Crippen LogP contribution in [0.4, 0.5) is 0 Å². The lowest BCUT2D eigenvalue weighted by Gasteiger charge is -2.24. The molecule has 0 aromatic carbocycles. The molecule has 0 amide bonds. The van der Waals surface area contributed by atoms with E-state index in [1.165, 1.54) is 90.6 Å². The second-order valence-corrected chi connectivity index (χ2v) is 6.85. The van der Waals surface area contributed by atoms with Crippen molar-refractivity contribution in [2.24, 2.45) is 0 Å². The average Bonchev–Trinajstić information content (AvgIpc) is 2.57. The Kier molecular flexibility index (Phi) is 18.1. The van der Waals surface area contributed by atoms with Gasteiger partial charge in [0.05, 0.1) is 0 Å². The third kappa shape index (κ3) is 15.2. The third-order valence-electron chi connectivity index (χ3n) is 4.52. The van der Waals surface area contributed by atoms with Gasteiger partial charge in [-0.25, -0.2) is 0 Å². The first-order valence-electron chi connectivity index (χ1n) is 10.4. The second-order valence-electron chi connectivity index (χ2n) is 6.85. The molecule has 0 aliphatic heterocycles. The fourth-order valence-corrected chi connectivity index (χ4v) is 2.80. The van der Waals surface area contributed by atoms with Crippen LogP contribution in [0.25, 0.3) is 0 Å². The minimum absolute atomic E-state index is 1.14. The fraction of sp³-hybridized carbons (Fsp3) is 1.00. The van der Waals surface area contributed by atoms with Gasteiger partial charge in [0.1, 0.15) is 0 Å². The first-order valence-corrected chi connectivity index (χ1v) is 10.4. The number of nitrogens with one attached hydrogen (secondary N) is 1. The summed E-state index contributed by atoms with van der Waals surface area (Å²) in [7, 11) is 0. The van der Waals surface area contributed by atoms with E-state index in [4.69, 9.17) is 0 Å². The van der Waals surface area contributed by atoms with Gasteiger partial charge in [-0.2, -0.15) is 0 Å². The van der Waals surface area contributed by atoms with Crippen LogP contribution >= 0.6 is 0 Å². The van der Waals surface area contributed by atoms with Crippen LogP contribution in [0.15, 0.2) is 0 Å². The van der Waals surface area contributed by atoms with Gasteiger partial charge in [0.25, 0.3) is 0 Å². The largest absolute Gasteiger partial charge is 0.314 e. The molecule has 0 aliphatic rings. The van der Waals surface area contributed by atoms with E-state index in [0.717, 1.165) is 13.1 Å². The Hall–Kier alpha value is -0.120. The zero-order chi connectivity index (χ0) is 17.2. The first-order chi connectivity index (χ1) is 11.3. The summed E-state index contributed by atoms with van der Waals surface area (Å²) >= 11 is 0. The first kappa shape index (κ1) is 22.9. The predicted molar refractivity (Wildman–Crippen MR) is 105 cm³/mol. The van der Waals surface area contributed by atoms with Gasteiger partial charge in [-0.15, -0.1) is 0 Å². The summed E-state index contributed by atoms with van der Waals surface area (Å²) in [5.74, 6) is 0. The molecule has 0 radical (unpaired) electrons. The highest BCUT2D eigenvalue weighted by Gasteiger charge is 2.05. The molecule has 0 bridgehead atoms. The second kappa shape index (κ2) is 18.2. The van der Waals surface area contributed by atoms with E-state index in [1.54, 1.807) is 0 Å². The van der Waals surface area contributed by atoms with Crippen molar-refractivity contribution in [3.8, 4) is 0 Å². The number of hydrogen-bond acceptors (Lipinski definition) is 3. The molecule has 0 unspecified atom stereocenters. The van der Waals surface area contributed by atoms with Crippen LogP contribution in [-0.2, 0) is 0 Å². The zero-order valence-electron chi connectivity index (χ0n) is 16.7. The lowest BCUT2D eigenvalue weighted by Crippen LogP contribution is -2.38. The van der Waals surface area contributed by atoms with Crippen LogP contribution in [0.5, 0.6) is 0 Å². The van der Waals surface area contributed by atoms with Crippen molar-refractivity contribution in [2.75, 3.05) is 52.4 Å². The summed E-state index contributed by atoms with van der Waals surface area (Å²) in [5.41, 5.74) is 0. The quantitative estimate of drug-likeness (QED) is 0.377. The number of nitrogens with zero attached hydrogens (tertiary/aromatic N) is 2. The number of hydrogen-bond donors (Lipinski definition) is 1. The molecule has 23 heavy (non-hydrogen) atoms. The lowest BCUT2D eigenvalue weighted by molar-refractivity contribution is 0.249. The number of unbranched alkanes of at least 4 members (excludes halogenated alkanes) is 4. The molecule has 3 heteroatoms. The molecule has 0 rings (SSSR count). The Morgan fingerprint density at radius 2 is 0.783 bits per heavy atom. The van der Waals surface area contributed by atoms with Gasteiger partial charge in [0.2, 0.25) is 0 Å². The zero-order valence-corrected chi connectivity index (χ0v) is 16.7. The highest BCUT2D eigenvalue weighted by Crippen LogP contribution is 1.99. The number of rotatable bonds is 18. The highest BCUT2D eigenvalue weighted by atomic mass is 15.2. The van der Waals surface area contributed by atoms with E-state index in [0.29, 0.717) is 0 Å². The SMILES string of the molecule is CCCCN(CCCC)CCNCCN(CCCC)CCCC. The summed E-state index contributed by atoms with van der Waals surface area (Å²) in [5, 5.41) is 3.67. The normalized spacial score (nSPS) is 11.7. The fourth-order valence-electron chi connectivity index (χ4n) is 2.80. The maximum Gasteiger partial charge on any atom is 0.0107 e. The minimum atomic E-state index is 1.14. The summed E-state index contributed by atoms with van der Waals surface area (Å²) in [6, 6.07) is 0. The Labute approximate surface area is 147 Å². The topological polar surface area (TPSA) is 18.5 Å². The van der Waals surface area contributed by atoms with Crippen LogP contribution in [-0.4, -0.2) is 62.2 Å². The van der Waals surface area contributed by atoms with Crippen LogP contribution < -0.4 is 5.32 Å². The smallest absolute Gasteiger partial charge is 0.0107 e. The van der Waals surface area contributed by atoms with E-state index in [9.17, 15) is 0 Å². The summed E-state index contributed by atoms with van der Waals surface area (Å²) in [4.78, 5) is 5.29. The van der Waals surface area contributed by atoms with E-state index in [-0.39, 0.29) is 0 Å². The van der Waals surface area contributed by atoms with Crippen LogP contribution in [0.3, 0.4) is 0 Å². The van der Waals surface area contributed by atoms with Gasteiger partial charge in [-0.1, -0.05) is 53.4 Å². The Bertz CT molecular complexity index is 183. The maximum atomic E-state index is 3.67. The maximum absolute atomic E-state index is 3.67. The van der Waals surface area contributed by atoms with Gasteiger partial charge in [-0.3, -0.25) is 0 Å². The van der Waals surface area contributed by atoms with Gasteiger partial charge in [-0.05, 0) is 51.9 Å². The minimum Gasteiger partial charge on any atom is -0.314 e. The Morgan fingerprint density at radius 3 is 1.04 bits per heavy atom. The van der Waals surface area contributed by atoms with Crippen molar-refractivity contribution in [1.82, 2.24) is 15.1 Å². The average molecular weight is 328 g/mol. The molecule has 0 aromatic heterocycles. The molecule has 1 N–H and O–H groups in total. The molecule has 0 spiro atoms. The van der Waals surface area contributed by atoms with Gasteiger partial charge >= 0.3 is 0 Å². The van der Waals surface area contributed by atoms with Crippen molar-refractivity contribution in [2.45, 2.75) is 79.1 Å². The molecule has 0 saturated heterocycles. The van der Waals surface area contributed by atoms with E-state index < -0.39 is 0 Å². The standard InChI is InChI=1S/C20H45N3/c1-5-9-15-22(16-10-6-2)19-13-21-14-20-23(17-11-7-3)18-12-8-4/h21H,5-20H2,1-4H3. The van der Waals surface area contributed by atoms with E-state index in [2.05, 4.69) is 42.8 Å². The van der Waals surface area contributed by atoms with Gasteiger partial charge in [0.15, 0.2) is 0 Å². The van der Waals surface area contributed by atoms with Gasteiger partial charge < -0.3 is 15.1 Å². The van der Waals surface area contributed by atoms with Crippen molar-refractivity contribution >= 4 is 0 Å². The van der Waals surface area contributed by atoms with E-state index in [1.807, 2.05) is 0 Å². The molecule has 0 atom stereocenters. The lowest BCUT2D eigenvalue weighted by atomic mass is 10.2. The molecular formula is C20H45N3. The van der Waals surface area contributed by atoms with E-state index >= 15 is 0 Å². The molecule has 0 aliphatic carbocycles. The Morgan fingerprint density at radius 1 is 0.478 bits per heavy atom. The molecule has 3 nitrogen and oxygen atoms in total. The molecular weight excluding hydrogens is 282 g/mol. The predicted octanol–water partition coefficient (Wildman–Crippen LogP) is 4.38. The monoisotopic (exact) mass is 327 g/mol. The van der Waals surface area contributed by atoms with Crippen LogP contribution in [0, 0.1) is 0 Å². The molecule has 140 valence electrons. The van der Waals surface area contributed by atoms with Gasteiger partial charge in [0, 0.05) is 26.2 Å². The third-order valence-corrected chi connectivity index (χ3v) is 4.52. The molecule has 0 heterocycles.